The van der Waals surface area contributed by atoms with Gasteiger partial charge in [-0.25, -0.2) is 14.4 Å². The summed E-state index contributed by atoms with van der Waals surface area (Å²) < 4.78 is 28.6. The second-order valence-electron chi connectivity index (χ2n) is 18.5. The monoisotopic (exact) mass is 1000 g/mol. The van der Waals surface area contributed by atoms with Crippen LogP contribution in [-0.2, 0) is 63.7 Å². The molecule has 1 aliphatic heterocycles. The zero-order valence-corrected chi connectivity index (χ0v) is 43.9. The molecule has 0 saturated heterocycles. The summed E-state index contributed by atoms with van der Waals surface area (Å²) in [7, 11) is 2.83. The summed E-state index contributed by atoms with van der Waals surface area (Å²) in [6.07, 6.45) is -0.408. The number of esters is 2. The maximum Gasteiger partial charge on any atom is 0.407 e. The minimum Gasteiger partial charge on any atom is -0.456 e. The topological polar surface area (TPSA) is 263 Å². The van der Waals surface area contributed by atoms with E-state index >= 15 is 0 Å². The summed E-state index contributed by atoms with van der Waals surface area (Å²) in [5, 5.41) is 10.7. The minimum atomic E-state index is -1.33. The van der Waals surface area contributed by atoms with E-state index < -0.39 is 108 Å². The van der Waals surface area contributed by atoms with Crippen LogP contribution in [0.25, 0.3) is 0 Å². The van der Waals surface area contributed by atoms with Gasteiger partial charge in [0.05, 0.1) is 33.0 Å². The molecule has 20 nitrogen and oxygen atoms in total. The van der Waals surface area contributed by atoms with E-state index in [2.05, 4.69) is 21.3 Å². The van der Waals surface area contributed by atoms with Gasteiger partial charge in [0, 0.05) is 51.5 Å². The van der Waals surface area contributed by atoms with Crippen LogP contribution in [0.15, 0.2) is 53.6 Å². The third-order valence-electron chi connectivity index (χ3n) is 12.2. The third kappa shape index (κ3) is 20.8. The second-order valence-corrected chi connectivity index (χ2v) is 18.5. The molecule has 0 aromatic heterocycles. The molecule has 0 bridgehead atoms. The van der Waals surface area contributed by atoms with Gasteiger partial charge in [0.2, 0.25) is 23.6 Å². The highest BCUT2D eigenvalue weighted by Crippen LogP contribution is 2.26. The number of nitrogens with two attached hydrogens (primary N) is 1. The van der Waals surface area contributed by atoms with Crippen molar-refractivity contribution in [2.24, 2.45) is 23.5 Å². The average Bonchev–Trinajstić information content (AvgIpc) is 3.33. The number of nitrogens with zero attached hydrogens (tertiary/aromatic N) is 2. The summed E-state index contributed by atoms with van der Waals surface area (Å²) in [4.78, 5) is 113. The number of hydrogen-bond donors (Lipinski definition) is 5. The molecule has 0 saturated carbocycles. The molecule has 1 aromatic carbocycles. The number of benzene rings is 1. The van der Waals surface area contributed by atoms with Crippen molar-refractivity contribution >= 4 is 47.6 Å². The fourth-order valence-electron chi connectivity index (χ4n) is 7.50. The Balaban J connectivity index is 2.66. The lowest BCUT2D eigenvalue weighted by Crippen LogP contribution is -2.57. The Morgan fingerprint density at radius 1 is 0.887 bits per heavy atom. The van der Waals surface area contributed by atoms with Crippen molar-refractivity contribution in [3.8, 4) is 0 Å². The summed E-state index contributed by atoms with van der Waals surface area (Å²) in [6.45, 7) is 17.9. The van der Waals surface area contributed by atoms with Crippen LogP contribution in [0.5, 0.6) is 0 Å². The van der Waals surface area contributed by atoms with Gasteiger partial charge >= 0.3 is 18.0 Å². The molecule has 6 amide bonds. The zero-order valence-electron chi connectivity index (χ0n) is 43.9. The standard InChI is InChI=1S/C51H81N7O13/c1-13-32(5)43-46(61)55-37(10)50(65)71-44(33(6)14-2)35(8)40(70-51(66)53-23-25-68-27-26-67-24-22-52)21-20-34(7)49(64)69-41(28-31(3)4)45(60)54-36(9)47(62)58(12)39(29-38-18-16-15-17-19-38)48(63)57(11)30-42(59)56-43/h14-20,31-32,35-37,39-41,43-44H,13,21-30,52H2,1-12H3,(H,53,66)(H,54,60)(H,55,61)(H,56,59)/b33-14+,34-20+/t32?,35-,36-,37-,39+,40-,41+,43-,44+/m0/s1. The highest BCUT2D eigenvalue weighted by molar-refractivity contribution is 5.96. The lowest BCUT2D eigenvalue weighted by Gasteiger charge is -2.33. The Bertz CT molecular complexity index is 1980. The van der Waals surface area contributed by atoms with E-state index in [1.54, 1.807) is 58.0 Å². The first-order chi connectivity index (χ1) is 33.6. The molecule has 1 heterocycles. The van der Waals surface area contributed by atoms with Crippen LogP contribution in [0.1, 0.15) is 94.1 Å². The number of carbonyl (C=O) groups excluding carboxylic acids is 8. The predicted octanol–water partition coefficient (Wildman–Crippen LogP) is 2.96. The van der Waals surface area contributed by atoms with Gasteiger partial charge in [-0.2, -0.15) is 0 Å². The molecule has 1 aliphatic rings. The number of rotatable bonds is 16. The molecular weight excluding hydrogens is 919 g/mol. The van der Waals surface area contributed by atoms with Gasteiger partial charge in [-0.1, -0.05) is 83.5 Å². The molecule has 398 valence electrons. The summed E-state index contributed by atoms with van der Waals surface area (Å²) >= 11 is 0. The van der Waals surface area contributed by atoms with Crippen molar-refractivity contribution in [3.63, 3.8) is 0 Å². The predicted molar refractivity (Wildman–Crippen MR) is 266 cm³/mol. The molecule has 0 radical (unpaired) electrons. The number of amides is 6. The molecule has 0 spiro atoms. The van der Waals surface area contributed by atoms with Crippen LogP contribution >= 0.6 is 0 Å². The van der Waals surface area contributed by atoms with Gasteiger partial charge in [-0.3, -0.25) is 24.0 Å². The van der Waals surface area contributed by atoms with Crippen molar-refractivity contribution in [1.82, 2.24) is 31.1 Å². The summed E-state index contributed by atoms with van der Waals surface area (Å²) in [6, 6.07) is 4.29. The van der Waals surface area contributed by atoms with E-state index in [0.29, 0.717) is 31.8 Å². The molecule has 71 heavy (non-hydrogen) atoms. The van der Waals surface area contributed by atoms with Crippen LogP contribution < -0.4 is 27.0 Å². The number of carbonyl (C=O) groups is 8. The summed E-state index contributed by atoms with van der Waals surface area (Å²) in [5.41, 5.74) is 6.83. The van der Waals surface area contributed by atoms with E-state index in [9.17, 15) is 38.4 Å². The minimum absolute atomic E-state index is 0.0603. The fraction of sp³-hybridized carbons (Fsp3) is 0.647. The van der Waals surface area contributed by atoms with E-state index in [0.717, 1.165) is 10.5 Å². The summed E-state index contributed by atoms with van der Waals surface area (Å²) in [5.74, 6) is -6.27. The molecule has 9 atom stereocenters. The van der Waals surface area contributed by atoms with Crippen LogP contribution in [0, 0.1) is 17.8 Å². The number of alkyl carbamates (subject to hydrolysis) is 1. The Labute approximate surface area is 419 Å². The smallest absolute Gasteiger partial charge is 0.407 e. The van der Waals surface area contributed by atoms with Gasteiger partial charge < -0.3 is 60.5 Å². The van der Waals surface area contributed by atoms with Gasteiger partial charge in [0.15, 0.2) is 6.10 Å². The molecule has 1 unspecified atom stereocenters. The van der Waals surface area contributed by atoms with Crippen LogP contribution in [0.4, 0.5) is 4.79 Å². The van der Waals surface area contributed by atoms with Gasteiger partial charge in [-0.05, 0) is 64.0 Å². The number of likely N-dealkylation sites (N-methyl/N-ethyl adjacent to an activating group) is 2. The Morgan fingerprint density at radius 3 is 2.13 bits per heavy atom. The Kier molecular flexibility index (Phi) is 27.2. The highest BCUT2D eigenvalue weighted by Gasteiger charge is 2.37. The second kappa shape index (κ2) is 31.5. The molecule has 0 fully saturated rings. The highest BCUT2D eigenvalue weighted by atomic mass is 16.6. The van der Waals surface area contributed by atoms with Crippen molar-refractivity contribution in [1.29, 1.82) is 0 Å². The van der Waals surface area contributed by atoms with E-state index in [1.807, 2.05) is 26.8 Å². The SMILES string of the molecule is C/C=C(\C)[C@H]1OC(=O)[C@H](C)NC(=O)[C@H](C(C)CC)NC(=O)CN(C)C(=O)[C@@H](Cc2ccccc2)N(C)C(=O)[C@H](C)NC(=O)[C@@H](CC(C)C)OC(=O)/C(C)=C/C[C@H](OC(=O)NCCOCCOCCN)[C@@H]1C. The maximum absolute atomic E-state index is 14.3. The fourth-order valence-corrected chi connectivity index (χ4v) is 7.50. The number of allylic oxidation sites excluding steroid dienone is 1. The Morgan fingerprint density at radius 2 is 1.52 bits per heavy atom. The lowest BCUT2D eigenvalue weighted by atomic mass is 9.90. The number of cyclic esters (lactones) is 2. The number of hydrogen-bond acceptors (Lipinski definition) is 14. The number of nitrogens with one attached hydrogen (secondary N) is 4. The molecule has 2 rings (SSSR count). The zero-order chi connectivity index (χ0) is 53.4. The van der Waals surface area contributed by atoms with Crippen LogP contribution in [0.2, 0.25) is 0 Å². The maximum atomic E-state index is 14.3. The normalized spacial score (nSPS) is 25.8. The van der Waals surface area contributed by atoms with Gasteiger partial charge in [-0.15, -0.1) is 0 Å². The van der Waals surface area contributed by atoms with Gasteiger partial charge in [0.1, 0.15) is 36.4 Å². The first-order valence-corrected chi connectivity index (χ1v) is 24.5. The van der Waals surface area contributed by atoms with Crippen molar-refractivity contribution in [3.05, 3.63) is 59.2 Å². The van der Waals surface area contributed by atoms with Crippen LogP contribution in [-0.4, -0.2) is 160 Å². The van der Waals surface area contributed by atoms with Gasteiger partial charge in [0.25, 0.3) is 5.91 Å². The van der Waals surface area contributed by atoms with Crippen molar-refractivity contribution < 1.29 is 62.0 Å². The van der Waals surface area contributed by atoms with Crippen molar-refractivity contribution in [2.75, 3.05) is 60.2 Å². The first kappa shape index (κ1) is 61.3. The third-order valence-corrected chi connectivity index (χ3v) is 12.2. The molecule has 6 N–H and O–H groups in total. The first-order valence-electron chi connectivity index (χ1n) is 24.5. The Hall–Kier alpha value is -5.86. The molecule has 0 aliphatic carbocycles. The van der Waals surface area contributed by atoms with E-state index in [1.165, 1.54) is 45.8 Å². The van der Waals surface area contributed by atoms with Crippen molar-refractivity contribution in [2.45, 2.75) is 137 Å². The van der Waals surface area contributed by atoms with E-state index in [4.69, 9.17) is 29.4 Å². The van der Waals surface area contributed by atoms with E-state index in [-0.39, 0.29) is 50.5 Å². The lowest BCUT2D eigenvalue weighted by molar-refractivity contribution is -0.155. The number of ether oxygens (including phenoxy) is 5. The molecule has 1 aromatic rings. The quantitative estimate of drug-likeness (QED) is 0.0691. The molecule has 20 heteroatoms. The average molecular weight is 1000 g/mol. The largest absolute Gasteiger partial charge is 0.456 e. The van der Waals surface area contributed by atoms with Crippen LogP contribution in [0.3, 0.4) is 0 Å². The molecular formula is C51H81N7O13.